The number of para-hydroxylation sites is 1. The average molecular weight is 612 g/mol. The molecule has 2 atom stereocenters. The molecule has 3 aliphatic heterocycles. The summed E-state index contributed by atoms with van der Waals surface area (Å²) in [6.45, 7) is 9.06. The summed E-state index contributed by atoms with van der Waals surface area (Å²) >= 11 is 0. The molecule has 9 heteroatoms. The van der Waals surface area contributed by atoms with Crippen LogP contribution in [0.3, 0.4) is 0 Å². The summed E-state index contributed by atoms with van der Waals surface area (Å²) in [7, 11) is 2.02. The predicted molar refractivity (Wildman–Crippen MR) is 173 cm³/mol. The van der Waals surface area contributed by atoms with Crippen molar-refractivity contribution >= 4 is 29.1 Å². The van der Waals surface area contributed by atoms with Gasteiger partial charge in [-0.05, 0) is 68.5 Å². The summed E-state index contributed by atoms with van der Waals surface area (Å²) in [5.41, 5.74) is 5.37. The molecule has 0 aliphatic carbocycles. The van der Waals surface area contributed by atoms with Gasteiger partial charge in [0.2, 0.25) is 0 Å². The highest BCUT2D eigenvalue weighted by molar-refractivity contribution is 6.02. The Balaban J connectivity index is 1.43. The number of rotatable bonds is 7. The molecule has 9 nitrogen and oxygen atoms in total. The van der Waals surface area contributed by atoms with Crippen LogP contribution in [0.1, 0.15) is 56.4 Å². The molecule has 0 unspecified atom stereocenters. The number of hydrogen-bond donors (Lipinski definition) is 0. The van der Waals surface area contributed by atoms with Gasteiger partial charge in [0.25, 0.3) is 0 Å². The third-order valence-electron chi connectivity index (χ3n) is 8.60. The minimum absolute atomic E-state index is 0.136. The van der Waals surface area contributed by atoms with Crippen LogP contribution < -0.4 is 9.80 Å². The summed E-state index contributed by atoms with van der Waals surface area (Å²) in [6, 6.07) is 24.0. The van der Waals surface area contributed by atoms with Gasteiger partial charge in [-0.2, -0.15) is 0 Å². The van der Waals surface area contributed by atoms with E-state index < -0.39 is 23.3 Å². The molecular weight excluding hydrogens is 570 g/mol. The fraction of sp³-hybridized carbons (Fsp3) is 0.389. The van der Waals surface area contributed by atoms with E-state index in [1.165, 1.54) is 0 Å². The van der Waals surface area contributed by atoms with E-state index in [4.69, 9.17) is 18.9 Å². The second-order valence-electron chi connectivity index (χ2n) is 12.6. The van der Waals surface area contributed by atoms with E-state index in [0.717, 1.165) is 39.2 Å². The van der Waals surface area contributed by atoms with Crippen molar-refractivity contribution in [2.75, 3.05) is 36.8 Å². The molecule has 45 heavy (non-hydrogen) atoms. The SMILES string of the molecule is CCOC(=O)N1C=C2c3ccccc3N(C(=O)OC(C)(C)C)[C@@H]3N(C)c4cccc(COCOCc5ccccc5)c4[C@]23CC1. The van der Waals surface area contributed by atoms with Crippen LogP contribution in [0.2, 0.25) is 0 Å². The Labute approximate surface area is 264 Å². The van der Waals surface area contributed by atoms with Gasteiger partial charge in [0, 0.05) is 31.0 Å². The minimum atomic E-state index is -0.689. The lowest BCUT2D eigenvalue weighted by Gasteiger charge is -2.52. The normalized spacial score (nSPS) is 20.1. The van der Waals surface area contributed by atoms with Crippen LogP contribution in [0.15, 0.2) is 79.0 Å². The first kappa shape index (κ1) is 30.7. The Bertz CT molecular complexity index is 1600. The van der Waals surface area contributed by atoms with Gasteiger partial charge in [-0.15, -0.1) is 0 Å². The Morgan fingerprint density at radius 2 is 1.60 bits per heavy atom. The second kappa shape index (κ2) is 12.2. The molecule has 0 bridgehead atoms. The van der Waals surface area contributed by atoms with Gasteiger partial charge in [-0.3, -0.25) is 9.80 Å². The Kier molecular flexibility index (Phi) is 8.33. The van der Waals surface area contributed by atoms with Crippen molar-refractivity contribution in [2.24, 2.45) is 0 Å². The molecule has 1 spiro atoms. The van der Waals surface area contributed by atoms with Crippen molar-refractivity contribution in [3.8, 4) is 0 Å². The van der Waals surface area contributed by atoms with Gasteiger partial charge in [0.1, 0.15) is 18.6 Å². The van der Waals surface area contributed by atoms with Gasteiger partial charge in [-0.1, -0.05) is 60.7 Å². The van der Waals surface area contributed by atoms with E-state index >= 15 is 0 Å². The summed E-state index contributed by atoms with van der Waals surface area (Å²) in [4.78, 5) is 32.7. The lowest BCUT2D eigenvalue weighted by atomic mass is 9.64. The number of hydrogen-bond acceptors (Lipinski definition) is 7. The van der Waals surface area contributed by atoms with Crippen molar-refractivity contribution in [1.82, 2.24) is 4.90 Å². The van der Waals surface area contributed by atoms with Gasteiger partial charge >= 0.3 is 12.2 Å². The molecule has 3 aromatic rings. The van der Waals surface area contributed by atoms with Crippen molar-refractivity contribution in [1.29, 1.82) is 0 Å². The van der Waals surface area contributed by atoms with E-state index in [0.29, 0.717) is 26.2 Å². The van der Waals surface area contributed by atoms with Crippen molar-refractivity contribution in [3.05, 3.63) is 101 Å². The molecule has 2 amide bonds. The minimum Gasteiger partial charge on any atom is -0.449 e. The molecule has 0 N–H and O–H groups in total. The quantitative estimate of drug-likeness (QED) is 0.209. The van der Waals surface area contributed by atoms with E-state index in [9.17, 15) is 9.59 Å². The highest BCUT2D eigenvalue weighted by Gasteiger charge is 2.61. The lowest BCUT2D eigenvalue weighted by Crippen LogP contribution is -2.62. The van der Waals surface area contributed by atoms with Gasteiger partial charge in [0.05, 0.1) is 30.9 Å². The molecule has 3 aliphatic rings. The summed E-state index contributed by atoms with van der Waals surface area (Å²) in [6.07, 6.45) is 1.24. The summed E-state index contributed by atoms with van der Waals surface area (Å²) in [5.74, 6) is 0. The number of amides is 2. The highest BCUT2D eigenvalue weighted by atomic mass is 16.7. The predicted octanol–water partition coefficient (Wildman–Crippen LogP) is 7.05. The first-order valence-electron chi connectivity index (χ1n) is 15.5. The Morgan fingerprint density at radius 3 is 2.36 bits per heavy atom. The van der Waals surface area contributed by atoms with Gasteiger partial charge in [0.15, 0.2) is 0 Å². The van der Waals surface area contributed by atoms with Gasteiger partial charge in [-0.25, -0.2) is 9.59 Å². The molecule has 0 aromatic heterocycles. The Morgan fingerprint density at radius 1 is 0.889 bits per heavy atom. The number of carbonyl (C=O) groups is 2. The molecule has 236 valence electrons. The van der Waals surface area contributed by atoms with Crippen LogP contribution in [0, 0.1) is 0 Å². The van der Waals surface area contributed by atoms with E-state index in [1.807, 2.05) is 94.7 Å². The van der Waals surface area contributed by atoms with Crippen LogP contribution in [-0.4, -0.2) is 55.8 Å². The van der Waals surface area contributed by atoms with Crippen molar-refractivity contribution < 1.29 is 28.5 Å². The maximum atomic E-state index is 14.1. The number of likely N-dealkylation sites (N-methyl/N-ethyl adjacent to an activating group) is 1. The number of nitrogens with zero attached hydrogens (tertiary/aromatic N) is 3. The second-order valence-corrected chi connectivity index (χ2v) is 12.6. The monoisotopic (exact) mass is 611 g/mol. The van der Waals surface area contributed by atoms with Crippen LogP contribution in [0.4, 0.5) is 21.0 Å². The molecule has 0 saturated carbocycles. The van der Waals surface area contributed by atoms with Gasteiger partial charge < -0.3 is 23.8 Å². The summed E-state index contributed by atoms with van der Waals surface area (Å²) in [5, 5.41) is 0. The van der Waals surface area contributed by atoms with E-state index in [2.05, 4.69) is 17.0 Å². The topological polar surface area (TPSA) is 80.8 Å². The maximum absolute atomic E-state index is 14.1. The highest BCUT2D eigenvalue weighted by Crippen LogP contribution is 2.61. The zero-order valence-corrected chi connectivity index (χ0v) is 26.6. The molecule has 0 radical (unpaired) electrons. The Hall–Kier alpha value is -4.34. The first-order valence-corrected chi connectivity index (χ1v) is 15.5. The lowest BCUT2D eigenvalue weighted by molar-refractivity contribution is -0.0692. The molecule has 0 saturated heterocycles. The first-order chi connectivity index (χ1) is 21.7. The largest absolute Gasteiger partial charge is 0.449 e. The number of ether oxygens (including phenoxy) is 4. The van der Waals surface area contributed by atoms with Crippen LogP contribution in [0.25, 0.3) is 5.57 Å². The standard InChI is InChI=1S/C36H41N3O6/c1-6-44-33(40)38-20-19-36-28(21-38)27-16-10-11-17-29(27)39(34(41)45-35(2,3)4)32(36)37(5)30-18-12-15-26(31(30)36)23-43-24-42-22-25-13-8-7-9-14-25/h7-18,21,32H,6,19-20,22-24H2,1-5H3/t32-,36-/m0/s1. The van der Waals surface area contributed by atoms with Crippen LogP contribution >= 0.6 is 0 Å². The molecule has 0 fully saturated rings. The number of benzene rings is 3. The number of carbonyl (C=O) groups excluding carboxylic acids is 2. The third-order valence-corrected chi connectivity index (χ3v) is 8.60. The smallest absolute Gasteiger partial charge is 0.416 e. The number of fused-ring (bicyclic) bond motifs is 3. The van der Waals surface area contributed by atoms with Crippen LogP contribution in [0.5, 0.6) is 0 Å². The van der Waals surface area contributed by atoms with E-state index in [1.54, 1.807) is 16.7 Å². The molecule has 6 rings (SSSR count). The van der Waals surface area contributed by atoms with Crippen LogP contribution in [-0.2, 0) is 37.6 Å². The number of anilines is 2. The van der Waals surface area contributed by atoms with E-state index in [-0.39, 0.29) is 19.5 Å². The fourth-order valence-corrected chi connectivity index (χ4v) is 6.95. The molecular formula is C36H41N3O6. The molecule has 3 heterocycles. The zero-order valence-electron chi connectivity index (χ0n) is 26.6. The summed E-state index contributed by atoms with van der Waals surface area (Å²) < 4.78 is 23.4. The maximum Gasteiger partial charge on any atom is 0.416 e. The average Bonchev–Trinajstić information content (AvgIpc) is 3.27. The zero-order chi connectivity index (χ0) is 31.8. The molecule has 3 aromatic carbocycles. The third kappa shape index (κ3) is 5.55. The van der Waals surface area contributed by atoms with Crippen molar-refractivity contribution in [3.63, 3.8) is 0 Å². The fourth-order valence-electron chi connectivity index (χ4n) is 6.95. The van der Waals surface area contributed by atoms with Crippen molar-refractivity contribution in [2.45, 2.75) is 64.5 Å².